The van der Waals surface area contributed by atoms with E-state index in [1.165, 1.54) is 19.2 Å². The van der Waals surface area contributed by atoms with E-state index in [9.17, 15) is 14.5 Å². The van der Waals surface area contributed by atoms with Crippen LogP contribution in [-0.4, -0.2) is 12.0 Å². The Morgan fingerprint density at radius 2 is 2.00 bits per heavy atom. The number of anilines is 2. The van der Waals surface area contributed by atoms with Gasteiger partial charge < -0.3 is 10.1 Å². The molecular formula is C13H10BrFN2O3. The van der Waals surface area contributed by atoms with Gasteiger partial charge in [0, 0.05) is 23.5 Å². The lowest BCUT2D eigenvalue weighted by Gasteiger charge is -2.09. The second-order valence-corrected chi connectivity index (χ2v) is 4.78. The number of rotatable bonds is 4. The van der Waals surface area contributed by atoms with E-state index >= 15 is 0 Å². The molecular weight excluding hydrogens is 331 g/mol. The highest BCUT2D eigenvalue weighted by Crippen LogP contribution is 2.30. The van der Waals surface area contributed by atoms with E-state index in [2.05, 4.69) is 21.2 Å². The van der Waals surface area contributed by atoms with Gasteiger partial charge in [-0.25, -0.2) is 4.39 Å². The summed E-state index contributed by atoms with van der Waals surface area (Å²) in [4.78, 5) is 10.0. The molecule has 20 heavy (non-hydrogen) atoms. The van der Waals surface area contributed by atoms with E-state index in [4.69, 9.17) is 4.74 Å². The zero-order chi connectivity index (χ0) is 14.7. The minimum absolute atomic E-state index is 0.293. The highest BCUT2D eigenvalue weighted by molar-refractivity contribution is 9.10. The molecule has 0 bridgehead atoms. The minimum atomic E-state index is -0.675. The summed E-state index contributed by atoms with van der Waals surface area (Å²) in [5.74, 6) is -0.0771. The average molecular weight is 341 g/mol. The van der Waals surface area contributed by atoms with Crippen LogP contribution in [0.3, 0.4) is 0 Å². The summed E-state index contributed by atoms with van der Waals surface area (Å²) in [6, 6.07) is 8.51. The van der Waals surface area contributed by atoms with Gasteiger partial charge in [-0.2, -0.15) is 0 Å². The molecule has 5 nitrogen and oxygen atoms in total. The summed E-state index contributed by atoms with van der Waals surface area (Å²) in [5.41, 5.74) is 0.614. The van der Waals surface area contributed by atoms with Gasteiger partial charge >= 0.3 is 0 Å². The normalized spacial score (nSPS) is 10.2. The number of hydrogen-bond donors (Lipinski definition) is 1. The van der Waals surface area contributed by atoms with Crippen LogP contribution in [-0.2, 0) is 0 Å². The van der Waals surface area contributed by atoms with Crippen molar-refractivity contribution in [3.63, 3.8) is 0 Å². The van der Waals surface area contributed by atoms with Crippen molar-refractivity contribution in [2.75, 3.05) is 12.4 Å². The molecule has 0 atom stereocenters. The number of benzene rings is 2. The van der Waals surface area contributed by atoms with Crippen molar-refractivity contribution in [1.82, 2.24) is 0 Å². The number of non-ortho nitro benzene ring substituents is 1. The molecule has 0 radical (unpaired) electrons. The maximum atomic E-state index is 13.3. The molecule has 0 fully saturated rings. The molecule has 0 aliphatic rings. The molecule has 104 valence electrons. The van der Waals surface area contributed by atoms with Gasteiger partial charge in [0.25, 0.3) is 5.69 Å². The van der Waals surface area contributed by atoms with Crippen molar-refractivity contribution >= 4 is 33.0 Å². The van der Waals surface area contributed by atoms with E-state index in [0.29, 0.717) is 17.1 Å². The smallest absolute Gasteiger partial charge is 0.274 e. The zero-order valence-electron chi connectivity index (χ0n) is 10.4. The molecule has 0 saturated heterocycles. The van der Waals surface area contributed by atoms with Gasteiger partial charge in [-0.05, 0) is 34.1 Å². The Bertz CT molecular complexity index is 664. The monoisotopic (exact) mass is 340 g/mol. The summed E-state index contributed by atoms with van der Waals surface area (Å²) in [7, 11) is 1.52. The topological polar surface area (TPSA) is 64.4 Å². The van der Waals surface area contributed by atoms with Crippen LogP contribution >= 0.6 is 15.9 Å². The fourth-order valence-corrected chi connectivity index (χ4v) is 2.06. The first-order valence-corrected chi connectivity index (χ1v) is 6.34. The fourth-order valence-electron chi connectivity index (χ4n) is 1.66. The molecule has 2 aromatic carbocycles. The van der Waals surface area contributed by atoms with Crippen molar-refractivity contribution in [1.29, 1.82) is 0 Å². The van der Waals surface area contributed by atoms with Gasteiger partial charge in [-0.3, -0.25) is 10.1 Å². The SMILES string of the molecule is COc1cc(Nc2cc(F)cc([N+](=O)[O-])c2)ccc1Br. The third-order valence-corrected chi connectivity index (χ3v) is 3.19. The maximum absolute atomic E-state index is 13.3. The van der Waals surface area contributed by atoms with E-state index in [1.807, 2.05) is 0 Å². The number of nitro groups is 1. The Morgan fingerprint density at radius 3 is 2.65 bits per heavy atom. The predicted octanol–water partition coefficient (Wildman–Crippen LogP) is 4.25. The summed E-state index contributed by atoms with van der Waals surface area (Å²) in [6.07, 6.45) is 0. The van der Waals surface area contributed by atoms with Crippen LogP contribution in [0.1, 0.15) is 0 Å². The van der Waals surface area contributed by atoms with Crippen LogP contribution in [0.4, 0.5) is 21.5 Å². The Balaban J connectivity index is 2.32. The number of methoxy groups -OCH3 is 1. The van der Waals surface area contributed by atoms with Crippen molar-refractivity contribution in [2.24, 2.45) is 0 Å². The van der Waals surface area contributed by atoms with Crippen molar-refractivity contribution in [3.8, 4) is 5.75 Å². The molecule has 7 heteroatoms. The summed E-state index contributed by atoms with van der Waals surface area (Å²) in [5, 5.41) is 13.6. The number of nitrogens with zero attached hydrogens (tertiary/aromatic N) is 1. The number of ether oxygens (including phenoxy) is 1. The van der Waals surface area contributed by atoms with Crippen LogP contribution in [0.2, 0.25) is 0 Å². The third kappa shape index (κ3) is 3.24. The standard InChI is InChI=1S/C13H10BrFN2O3/c1-20-13-7-9(2-3-12(13)14)16-10-4-8(15)5-11(6-10)17(18)19/h2-7,16H,1H3. The fraction of sp³-hybridized carbons (Fsp3) is 0.0769. The minimum Gasteiger partial charge on any atom is -0.495 e. The molecule has 0 aliphatic carbocycles. The maximum Gasteiger partial charge on any atom is 0.274 e. The van der Waals surface area contributed by atoms with Crippen LogP contribution in [0.25, 0.3) is 0 Å². The summed E-state index contributed by atoms with van der Waals surface area (Å²) >= 11 is 3.32. The second kappa shape index (κ2) is 5.87. The molecule has 0 spiro atoms. The molecule has 0 unspecified atom stereocenters. The van der Waals surface area contributed by atoms with Crippen LogP contribution < -0.4 is 10.1 Å². The Kier molecular flexibility index (Phi) is 4.19. The van der Waals surface area contributed by atoms with Gasteiger partial charge in [0.2, 0.25) is 0 Å². The first kappa shape index (κ1) is 14.3. The first-order chi connectivity index (χ1) is 9.49. The van der Waals surface area contributed by atoms with Crippen LogP contribution in [0, 0.1) is 15.9 Å². The molecule has 2 aromatic rings. The molecule has 0 aliphatic heterocycles. The van der Waals surface area contributed by atoms with Crippen LogP contribution in [0.15, 0.2) is 40.9 Å². The largest absolute Gasteiger partial charge is 0.495 e. The molecule has 1 N–H and O–H groups in total. The van der Waals surface area contributed by atoms with Gasteiger partial charge in [0.1, 0.15) is 11.6 Å². The lowest BCUT2D eigenvalue weighted by molar-refractivity contribution is -0.385. The lowest BCUT2D eigenvalue weighted by atomic mass is 10.2. The Labute approximate surface area is 122 Å². The summed E-state index contributed by atoms with van der Waals surface area (Å²) < 4.78 is 19.2. The number of nitro benzene ring substituents is 1. The van der Waals surface area contributed by atoms with E-state index in [1.54, 1.807) is 18.2 Å². The lowest BCUT2D eigenvalue weighted by Crippen LogP contribution is -1.95. The number of halogens is 2. The molecule has 0 amide bonds. The molecule has 0 saturated carbocycles. The quantitative estimate of drug-likeness (QED) is 0.667. The van der Waals surface area contributed by atoms with Crippen molar-refractivity contribution < 1.29 is 14.1 Å². The Hall–Kier alpha value is -2.15. The van der Waals surface area contributed by atoms with Crippen molar-refractivity contribution in [3.05, 3.63) is 56.8 Å². The third-order valence-electron chi connectivity index (χ3n) is 2.53. The first-order valence-electron chi connectivity index (χ1n) is 5.55. The zero-order valence-corrected chi connectivity index (χ0v) is 12.0. The molecule has 0 aromatic heterocycles. The highest BCUT2D eigenvalue weighted by Gasteiger charge is 2.10. The van der Waals surface area contributed by atoms with Gasteiger partial charge in [0.05, 0.1) is 22.6 Å². The van der Waals surface area contributed by atoms with Gasteiger partial charge in [-0.15, -0.1) is 0 Å². The van der Waals surface area contributed by atoms with E-state index < -0.39 is 10.7 Å². The average Bonchev–Trinajstić information content (AvgIpc) is 2.40. The van der Waals surface area contributed by atoms with Gasteiger partial charge in [0.15, 0.2) is 0 Å². The summed E-state index contributed by atoms with van der Waals surface area (Å²) in [6.45, 7) is 0. The predicted molar refractivity (Wildman–Crippen MR) is 77.0 cm³/mol. The molecule has 0 heterocycles. The number of hydrogen-bond acceptors (Lipinski definition) is 4. The molecule has 2 rings (SSSR count). The Morgan fingerprint density at radius 1 is 1.25 bits per heavy atom. The second-order valence-electron chi connectivity index (χ2n) is 3.93. The van der Waals surface area contributed by atoms with Crippen LogP contribution in [0.5, 0.6) is 5.75 Å². The van der Waals surface area contributed by atoms with Gasteiger partial charge in [-0.1, -0.05) is 0 Å². The highest BCUT2D eigenvalue weighted by atomic mass is 79.9. The van der Waals surface area contributed by atoms with E-state index in [-0.39, 0.29) is 5.69 Å². The van der Waals surface area contributed by atoms with E-state index in [0.717, 1.165) is 10.5 Å². The number of nitrogens with one attached hydrogen (secondary N) is 1. The van der Waals surface area contributed by atoms with Crippen molar-refractivity contribution in [2.45, 2.75) is 0 Å².